The molecule has 0 saturated carbocycles. The molecule has 0 unspecified atom stereocenters. The maximum atomic E-state index is 12.4. The summed E-state index contributed by atoms with van der Waals surface area (Å²) in [4.78, 5) is 35.5. The summed E-state index contributed by atoms with van der Waals surface area (Å²) >= 11 is 0. The predicted molar refractivity (Wildman–Crippen MR) is 128 cm³/mol. The predicted octanol–water partition coefficient (Wildman–Crippen LogP) is 3.65. The molecule has 34 heavy (non-hydrogen) atoms. The number of carboxylic acids is 2. The van der Waals surface area contributed by atoms with Crippen LogP contribution in [-0.2, 0) is 9.59 Å². The summed E-state index contributed by atoms with van der Waals surface area (Å²) in [6.07, 6.45) is 2.75. The molecule has 9 nitrogen and oxygen atoms in total. The molecule has 0 saturated heterocycles. The molecule has 5 N–H and O–H groups in total. The van der Waals surface area contributed by atoms with Gasteiger partial charge in [-0.3, -0.25) is 5.01 Å². The van der Waals surface area contributed by atoms with Crippen LogP contribution >= 0.6 is 0 Å². The zero-order valence-electron chi connectivity index (χ0n) is 19.4. The van der Waals surface area contributed by atoms with Crippen molar-refractivity contribution in [1.82, 2.24) is 15.3 Å². The molecule has 0 spiro atoms. The number of aliphatic carboxylic acids is 2. The lowest BCUT2D eigenvalue weighted by Crippen LogP contribution is -2.50. The highest BCUT2D eigenvalue weighted by Gasteiger charge is 2.33. The Morgan fingerprint density at radius 3 is 1.85 bits per heavy atom. The molecule has 0 aromatic heterocycles. The molecule has 9 heteroatoms. The largest absolute Gasteiger partial charge is 0.478 e. The van der Waals surface area contributed by atoms with E-state index in [9.17, 15) is 24.6 Å². The van der Waals surface area contributed by atoms with E-state index in [4.69, 9.17) is 5.73 Å². The first-order valence-electron chi connectivity index (χ1n) is 10.7. The van der Waals surface area contributed by atoms with Crippen LogP contribution in [0.5, 0.6) is 0 Å². The first-order valence-corrected chi connectivity index (χ1v) is 10.7. The van der Waals surface area contributed by atoms with E-state index in [-0.39, 0.29) is 17.7 Å². The highest BCUT2D eigenvalue weighted by Crippen LogP contribution is 2.36. The summed E-state index contributed by atoms with van der Waals surface area (Å²) in [6.45, 7) is 4.78. The molecule has 0 aliphatic rings. The van der Waals surface area contributed by atoms with Crippen LogP contribution in [0.15, 0.2) is 84.2 Å². The lowest BCUT2D eigenvalue weighted by Gasteiger charge is -2.42. The monoisotopic (exact) mass is 466 g/mol. The zero-order valence-corrected chi connectivity index (χ0v) is 19.4. The molecule has 0 heterocycles. The van der Waals surface area contributed by atoms with Gasteiger partial charge in [-0.15, -0.1) is 0 Å². The van der Waals surface area contributed by atoms with Crippen molar-refractivity contribution in [2.45, 2.75) is 32.9 Å². The van der Waals surface area contributed by atoms with Crippen LogP contribution in [-0.4, -0.2) is 44.7 Å². The molecule has 0 aliphatic carbocycles. The Morgan fingerprint density at radius 1 is 0.912 bits per heavy atom. The van der Waals surface area contributed by atoms with Crippen molar-refractivity contribution in [2.75, 3.05) is 6.54 Å². The number of nitrogens with zero attached hydrogens (tertiary/aromatic N) is 2. The van der Waals surface area contributed by atoms with Crippen molar-refractivity contribution in [3.63, 3.8) is 0 Å². The number of nitrogens with one attached hydrogen (secondary N) is 1. The first kappa shape index (κ1) is 26.0. The molecule has 0 aliphatic heterocycles. The van der Waals surface area contributed by atoms with Gasteiger partial charge in [-0.1, -0.05) is 60.7 Å². The fraction of sp³-hybridized carbons (Fsp3) is 0.240. The Balaban J connectivity index is 2.81. The number of benzene rings is 2. The number of hydrazine groups is 1. The maximum absolute atomic E-state index is 12.4. The molecular weight excluding hydrogens is 436 g/mol. The fourth-order valence-corrected chi connectivity index (χ4v) is 3.44. The number of urea groups is 1. The van der Waals surface area contributed by atoms with E-state index in [0.717, 1.165) is 11.1 Å². The maximum Gasteiger partial charge on any atom is 0.333 e. The molecule has 0 fully saturated rings. The van der Waals surface area contributed by atoms with E-state index < -0.39 is 30.1 Å². The van der Waals surface area contributed by atoms with Crippen LogP contribution in [0.25, 0.3) is 0 Å². The molecule has 0 bridgehead atoms. The summed E-state index contributed by atoms with van der Waals surface area (Å²) in [7, 11) is 0. The SMILES string of the molecule is CCN(C(N)=O)N(C=C(C)C(=O)O)[C@@H](c1ccccc1)[C@@H](NC=C(C)C(=O)O)c1ccccc1. The smallest absolute Gasteiger partial charge is 0.333 e. The van der Waals surface area contributed by atoms with Gasteiger partial charge in [0.2, 0.25) is 0 Å². The summed E-state index contributed by atoms with van der Waals surface area (Å²) in [5, 5.41) is 24.8. The number of amides is 2. The number of hydrogen-bond acceptors (Lipinski definition) is 5. The van der Waals surface area contributed by atoms with Gasteiger partial charge in [0.25, 0.3) is 0 Å². The van der Waals surface area contributed by atoms with Crippen molar-refractivity contribution in [3.8, 4) is 0 Å². The van der Waals surface area contributed by atoms with E-state index in [2.05, 4.69) is 5.32 Å². The van der Waals surface area contributed by atoms with Crippen molar-refractivity contribution >= 4 is 18.0 Å². The molecule has 2 aromatic carbocycles. The van der Waals surface area contributed by atoms with Crippen LogP contribution < -0.4 is 11.1 Å². The second kappa shape index (κ2) is 12.1. The van der Waals surface area contributed by atoms with Crippen molar-refractivity contribution < 1.29 is 24.6 Å². The fourth-order valence-electron chi connectivity index (χ4n) is 3.44. The molecule has 2 rings (SSSR count). The third kappa shape index (κ3) is 6.61. The lowest BCUT2D eigenvalue weighted by atomic mass is 9.92. The molecular formula is C25H30N4O5. The molecule has 180 valence electrons. The third-order valence-electron chi connectivity index (χ3n) is 5.21. The topological polar surface area (TPSA) is 136 Å². The molecule has 0 radical (unpaired) electrons. The van der Waals surface area contributed by atoms with Gasteiger partial charge in [-0.25, -0.2) is 19.4 Å². The van der Waals surface area contributed by atoms with Crippen molar-refractivity contribution in [3.05, 3.63) is 95.3 Å². The third-order valence-corrected chi connectivity index (χ3v) is 5.21. The average molecular weight is 467 g/mol. The van der Waals surface area contributed by atoms with E-state index in [1.165, 1.54) is 36.3 Å². The first-order chi connectivity index (χ1) is 16.2. The highest BCUT2D eigenvalue weighted by molar-refractivity contribution is 5.86. The van der Waals surface area contributed by atoms with Crippen LogP contribution in [0.4, 0.5) is 4.79 Å². The number of carbonyl (C=O) groups excluding carboxylic acids is 1. The quantitative estimate of drug-likeness (QED) is 0.293. The van der Waals surface area contributed by atoms with Crippen LogP contribution in [0, 0.1) is 0 Å². The van der Waals surface area contributed by atoms with E-state index in [1.807, 2.05) is 60.7 Å². The Labute approximate surface area is 198 Å². The van der Waals surface area contributed by atoms with Crippen molar-refractivity contribution in [2.24, 2.45) is 5.73 Å². The number of nitrogens with two attached hydrogens (primary N) is 1. The van der Waals surface area contributed by atoms with Gasteiger partial charge in [-0.05, 0) is 31.9 Å². The number of carboxylic acid groups (broad SMARTS) is 2. The minimum Gasteiger partial charge on any atom is -0.478 e. The molecule has 2 atom stereocenters. The second-order valence-electron chi connectivity index (χ2n) is 7.59. The van der Waals surface area contributed by atoms with Crippen LogP contribution in [0.2, 0.25) is 0 Å². The Morgan fingerprint density at radius 2 is 1.41 bits per heavy atom. The minimum atomic E-state index is -1.15. The van der Waals surface area contributed by atoms with E-state index in [1.54, 1.807) is 6.92 Å². The van der Waals surface area contributed by atoms with Crippen molar-refractivity contribution in [1.29, 1.82) is 0 Å². The number of carbonyl (C=O) groups is 3. The van der Waals surface area contributed by atoms with Gasteiger partial charge in [0.05, 0.1) is 17.7 Å². The summed E-state index contributed by atoms with van der Waals surface area (Å²) in [6, 6.07) is 16.4. The van der Waals surface area contributed by atoms with Gasteiger partial charge >= 0.3 is 18.0 Å². The number of rotatable bonds is 11. The standard InChI is InChI=1S/C25H30N4O5/c1-4-28(25(26)34)29(16-18(3)24(32)33)22(20-13-9-6-10-14-20)21(19-11-7-5-8-12-19)27-15-17(2)23(30)31/h5-16,21-22,27H,4H2,1-3H3,(H2,26,34)(H,30,31)(H,32,33)/t21-,22-/m0/s1. The zero-order chi connectivity index (χ0) is 25.3. The average Bonchev–Trinajstić information content (AvgIpc) is 2.82. The summed E-state index contributed by atoms with van der Waals surface area (Å²) in [5.41, 5.74) is 7.29. The molecule has 2 amide bonds. The summed E-state index contributed by atoms with van der Waals surface area (Å²) in [5.74, 6) is -2.23. The minimum absolute atomic E-state index is 0.00954. The highest BCUT2D eigenvalue weighted by atomic mass is 16.4. The van der Waals surface area contributed by atoms with Crippen LogP contribution in [0.1, 0.15) is 44.0 Å². The van der Waals surface area contributed by atoms with E-state index in [0.29, 0.717) is 0 Å². The van der Waals surface area contributed by atoms with Crippen LogP contribution in [0.3, 0.4) is 0 Å². The second-order valence-corrected chi connectivity index (χ2v) is 7.59. The Kier molecular flexibility index (Phi) is 9.25. The normalized spacial score (nSPS) is 13.5. The Bertz CT molecular complexity index is 1050. The van der Waals surface area contributed by atoms with Gasteiger partial charge in [-0.2, -0.15) is 0 Å². The van der Waals surface area contributed by atoms with Gasteiger partial charge in [0.15, 0.2) is 0 Å². The van der Waals surface area contributed by atoms with Gasteiger partial charge in [0.1, 0.15) is 0 Å². The lowest BCUT2D eigenvalue weighted by molar-refractivity contribution is -0.133. The summed E-state index contributed by atoms with van der Waals surface area (Å²) < 4.78 is 0. The van der Waals surface area contributed by atoms with E-state index >= 15 is 0 Å². The Hall–Kier alpha value is -4.27. The van der Waals surface area contributed by atoms with Gasteiger partial charge in [0, 0.05) is 24.5 Å². The number of hydrogen-bond donors (Lipinski definition) is 4. The van der Waals surface area contributed by atoms with Gasteiger partial charge < -0.3 is 21.3 Å². The number of primary amides is 1. The molecule has 2 aromatic rings.